The number of nitrogens with zero attached hydrogens (tertiary/aromatic N) is 1. The van der Waals surface area contributed by atoms with Gasteiger partial charge >= 0.3 is 0 Å². The molecule has 0 saturated carbocycles. The standard InChI is InChI=1S/C16H17ClN2O3S/c1-11-3-4-12(2)15(9-11)19(10-16(18)20)23(21,22)14-7-5-13(17)6-8-14/h3-9H,10H2,1-2H3,(H2,18,20). The van der Waals surface area contributed by atoms with Crippen molar-refractivity contribution in [3.63, 3.8) is 0 Å². The number of hydrogen-bond acceptors (Lipinski definition) is 3. The summed E-state index contributed by atoms with van der Waals surface area (Å²) in [6.45, 7) is 3.19. The molecule has 0 heterocycles. The Labute approximate surface area is 140 Å². The number of aryl methyl sites for hydroxylation is 2. The maximum absolute atomic E-state index is 12.9. The molecule has 1 amide bonds. The van der Waals surface area contributed by atoms with Gasteiger partial charge in [0.05, 0.1) is 10.6 Å². The minimum Gasteiger partial charge on any atom is -0.368 e. The second kappa shape index (κ2) is 6.60. The van der Waals surface area contributed by atoms with Crippen molar-refractivity contribution in [3.8, 4) is 0 Å². The Kier molecular flexibility index (Phi) is 4.97. The molecule has 0 spiro atoms. The number of nitrogens with two attached hydrogens (primary N) is 1. The predicted molar refractivity (Wildman–Crippen MR) is 91.1 cm³/mol. The summed E-state index contributed by atoms with van der Waals surface area (Å²) < 4.78 is 26.9. The molecule has 23 heavy (non-hydrogen) atoms. The summed E-state index contributed by atoms with van der Waals surface area (Å²) in [4.78, 5) is 11.5. The number of carbonyl (C=O) groups excluding carboxylic acids is 1. The average molecular weight is 353 g/mol. The first-order valence-electron chi connectivity index (χ1n) is 6.85. The van der Waals surface area contributed by atoms with Crippen LogP contribution in [0.5, 0.6) is 0 Å². The zero-order valence-corrected chi connectivity index (χ0v) is 14.4. The fourth-order valence-electron chi connectivity index (χ4n) is 2.16. The van der Waals surface area contributed by atoms with Crippen molar-refractivity contribution in [2.45, 2.75) is 18.7 Å². The van der Waals surface area contributed by atoms with Gasteiger partial charge in [0.1, 0.15) is 6.54 Å². The van der Waals surface area contributed by atoms with E-state index in [4.69, 9.17) is 17.3 Å². The predicted octanol–water partition coefficient (Wildman–Crippen LogP) is 2.64. The van der Waals surface area contributed by atoms with E-state index in [-0.39, 0.29) is 4.90 Å². The lowest BCUT2D eigenvalue weighted by atomic mass is 10.1. The second-order valence-corrected chi connectivity index (χ2v) is 7.52. The Morgan fingerprint density at radius 1 is 1.13 bits per heavy atom. The number of primary amides is 1. The number of hydrogen-bond donors (Lipinski definition) is 1. The normalized spacial score (nSPS) is 11.3. The van der Waals surface area contributed by atoms with E-state index in [1.54, 1.807) is 19.1 Å². The highest BCUT2D eigenvalue weighted by molar-refractivity contribution is 7.92. The minimum absolute atomic E-state index is 0.0454. The highest BCUT2D eigenvalue weighted by atomic mass is 35.5. The summed E-state index contributed by atoms with van der Waals surface area (Å²) in [5, 5.41) is 0.428. The van der Waals surface area contributed by atoms with Gasteiger partial charge in [-0.2, -0.15) is 0 Å². The van der Waals surface area contributed by atoms with Gasteiger partial charge in [0.25, 0.3) is 10.0 Å². The first-order valence-corrected chi connectivity index (χ1v) is 8.67. The maximum atomic E-state index is 12.9. The second-order valence-electron chi connectivity index (χ2n) is 5.22. The third-order valence-electron chi connectivity index (χ3n) is 3.33. The van der Waals surface area contributed by atoms with Crippen molar-refractivity contribution in [1.82, 2.24) is 0 Å². The van der Waals surface area contributed by atoms with Gasteiger partial charge in [-0.15, -0.1) is 0 Å². The van der Waals surface area contributed by atoms with Crippen LogP contribution < -0.4 is 10.0 Å². The number of amides is 1. The van der Waals surface area contributed by atoms with Gasteiger partial charge in [-0.05, 0) is 55.3 Å². The molecular formula is C16H17ClN2O3S. The molecular weight excluding hydrogens is 336 g/mol. The van der Waals surface area contributed by atoms with Gasteiger partial charge in [-0.3, -0.25) is 9.10 Å². The molecule has 0 aliphatic carbocycles. The summed E-state index contributed by atoms with van der Waals surface area (Å²) >= 11 is 5.81. The lowest BCUT2D eigenvalue weighted by Gasteiger charge is -2.25. The molecule has 0 saturated heterocycles. The molecule has 0 unspecified atom stereocenters. The molecule has 0 atom stereocenters. The molecule has 2 aromatic rings. The van der Waals surface area contributed by atoms with Crippen LogP contribution in [0.25, 0.3) is 0 Å². The van der Waals surface area contributed by atoms with Crippen molar-refractivity contribution in [3.05, 3.63) is 58.6 Å². The minimum atomic E-state index is -3.93. The molecule has 0 bridgehead atoms. The van der Waals surface area contributed by atoms with E-state index in [1.807, 2.05) is 13.0 Å². The Morgan fingerprint density at radius 2 is 1.74 bits per heavy atom. The molecule has 2 aromatic carbocycles. The average Bonchev–Trinajstić information content (AvgIpc) is 2.47. The van der Waals surface area contributed by atoms with Gasteiger partial charge < -0.3 is 5.73 Å². The smallest absolute Gasteiger partial charge is 0.264 e. The van der Waals surface area contributed by atoms with Crippen LogP contribution in [0.3, 0.4) is 0 Å². The zero-order chi connectivity index (χ0) is 17.2. The molecule has 2 rings (SSSR count). The summed E-state index contributed by atoms with van der Waals surface area (Å²) in [7, 11) is -3.93. The van der Waals surface area contributed by atoms with Crippen molar-refractivity contribution >= 4 is 33.2 Å². The van der Waals surface area contributed by atoms with Gasteiger partial charge in [0, 0.05) is 5.02 Å². The summed E-state index contributed by atoms with van der Waals surface area (Å²) in [5.41, 5.74) is 7.29. The van der Waals surface area contributed by atoms with Crippen molar-refractivity contribution in [1.29, 1.82) is 0 Å². The third kappa shape index (κ3) is 3.83. The number of carbonyl (C=O) groups is 1. The quantitative estimate of drug-likeness (QED) is 0.898. The van der Waals surface area contributed by atoms with Gasteiger partial charge in [0.2, 0.25) is 5.91 Å². The van der Waals surface area contributed by atoms with E-state index in [0.717, 1.165) is 15.4 Å². The maximum Gasteiger partial charge on any atom is 0.264 e. The van der Waals surface area contributed by atoms with E-state index in [1.165, 1.54) is 24.3 Å². The highest BCUT2D eigenvalue weighted by Crippen LogP contribution is 2.28. The number of anilines is 1. The van der Waals surface area contributed by atoms with Crippen molar-refractivity contribution in [2.24, 2.45) is 5.73 Å². The van der Waals surface area contributed by atoms with Crippen LogP contribution in [-0.2, 0) is 14.8 Å². The van der Waals surface area contributed by atoms with Crippen LogP contribution in [0.1, 0.15) is 11.1 Å². The van der Waals surface area contributed by atoms with Crippen LogP contribution in [0.15, 0.2) is 47.4 Å². The van der Waals surface area contributed by atoms with E-state index in [9.17, 15) is 13.2 Å². The Bertz CT molecular complexity index is 833. The van der Waals surface area contributed by atoms with Gasteiger partial charge in [0.15, 0.2) is 0 Å². The molecule has 122 valence electrons. The van der Waals surface area contributed by atoms with Crippen molar-refractivity contribution in [2.75, 3.05) is 10.8 Å². The molecule has 5 nitrogen and oxygen atoms in total. The number of halogens is 1. The summed E-state index contributed by atoms with van der Waals surface area (Å²) in [5.74, 6) is -0.733. The van der Waals surface area contributed by atoms with Crippen LogP contribution in [0.2, 0.25) is 5.02 Å². The molecule has 0 radical (unpaired) electrons. The molecule has 0 aliphatic rings. The van der Waals surface area contributed by atoms with Crippen LogP contribution in [0.4, 0.5) is 5.69 Å². The number of benzene rings is 2. The van der Waals surface area contributed by atoms with E-state index in [2.05, 4.69) is 0 Å². The number of rotatable bonds is 5. The Hall–Kier alpha value is -2.05. The molecule has 2 N–H and O–H groups in total. The first-order chi connectivity index (χ1) is 10.7. The highest BCUT2D eigenvalue weighted by Gasteiger charge is 2.27. The number of sulfonamides is 1. The van der Waals surface area contributed by atoms with Crippen LogP contribution >= 0.6 is 11.6 Å². The fraction of sp³-hybridized carbons (Fsp3) is 0.188. The monoisotopic (exact) mass is 352 g/mol. The molecule has 0 aliphatic heterocycles. The molecule has 7 heteroatoms. The first kappa shape index (κ1) is 17.3. The van der Waals surface area contributed by atoms with E-state index in [0.29, 0.717) is 10.7 Å². The lowest BCUT2D eigenvalue weighted by Crippen LogP contribution is -2.39. The Balaban J connectivity index is 2.60. The fourth-order valence-corrected chi connectivity index (χ4v) is 3.78. The van der Waals surface area contributed by atoms with Gasteiger partial charge in [-0.25, -0.2) is 8.42 Å². The van der Waals surface area contributed by atoms with E-state index < -0.39 is 22.5 Å². The molecule has 0 aromatic heterocycles. The van der Waals surface area contributed by atoms with Crippen molar-refractivity contribution < 1.29 is 13.2 Å². The molecule has 0 fully saturated rings. The topological polar surface area (TPSA) is 80.5 Å². The lowest BCUT2D eigenvalue weighted by molar-refractivity contribution is -0.116. The Morgan fingerprint density at radius 3 is 2.30 bits per heavy atom. The third-order valence-corrected chi connectivity index (χ3v) is 5.36. The largest absolute Gasteiger partial charge is 0.368 e. The summed E-state index contributed by atoms with van der Waals surface area (Å²) in [6, 6.07) is 11.2. The summed E-state index contributed by atoms with van der Waals surface area (Å²) in [6.07, 6.45) is 0. The van der Waals surface area contributed by atoms with Crippen LogP contribution in [-0.4, -0.2) is 20.9 Å². The SMILES string of the molecule is Cc1ccc(C)c(N(CC(N)=O)S(=O)(=O)c2ccc(Cl)cc2)c1. The van der Waals surface area contributed by atoms with Gasteiger partial charge in [-0.1, -0.05) is 23.7 Å². The van der Waals surface area contributed by atoms with E-state index >= 15 is 0 Å². The zero-order valence-electron chi connectivity index (χ0n) is 12.8. The van der Waals surface area contributed by atoms with Crippen LogP contribution in [0, 0.1) is 13.8 Å².